The minimum Gasteiger partial charge on any atom is -0.409 e. The summed E-state index contributed by atoms with van der Waals surface area (Å²) < 4.78 is 45.5. The summed E-state index contributed by atoms with van der Waals surface area (Å²) in [6, 6.07) is 6.89. The summed E-state index contributed by atoms with van der Waals surface area (Å²) in [6.45, 7) is 0.717. The summed E-state index contributed by atoms with van der Waals surface area (Å²) >= 11 is 11.0. The average molecular weight is 378 g/mol. The smallest absolute Gasteiger partial charge is 0.393 e. The molecule has 1 aromatic heterocycles. The number of aromatic nitrogens is 2. The number of halogens is 4. The molecule has 1 aliphatic heterocycles. The van der Waals surface area contributed by atoms with Crippen molar-refractivity contribution < 1.29 is 17.6 Å². The van der Waals surface area contributed by atoms with Crippen LogP contribution in [0.2, 0.25) is 5.02 Å². The van der Waals surface area contributed by atoms with Crippen LogP contribution >= 0.6 is 23.8 Å². The maximum atomic E-state index is 12.9. The highest BCUT2D eigenvalue weighted by Crippen LogP contribution is 2.33. The first kappa shape index (κ1) is 17.4. The van der Waals surface area contributed by atoms with Crippen LogP contribution < -0.4 is 0 Å². The fourth-order valence-electron chi connectivity index (χ4n) is 2.75. The van der Waals surface area contributed by atoms with Crippen LogP contribution in [0.15, 0.2) is 28.7 Å². The number of piperidine rings is 1. The van der Waals surface area contributed by atoms with Gasteiger partial charge in [-0.25, -0.2) is 4.68 Å². The second-order valence-corrected chi connectivity index (χ2v) is 6.56. The lowest BCUT2D eigenvalue weighted by molar-refractivity contribution is -0.188. The highest BCUT2D eigenvalue weighted by Gasteiger charge is 2.41. The molecule has 0 amide bonds. The highest BCUT2D eigenvalue weighted by molar-refractivity contribution is 7.71. The van der Waals surface area contributed by atoms with Gasteiger partial charge in [-0.2, -0.15) is 13.2 Å². The van der Waals surface area contributed by atoms with Crippen molar-refractivity contribution in [3.05, 3.63) is 34.1 Å². The van der Waals surface area contributed by atoms with E-state index in [0.29, 0.717) is 29.4 Å². The minimum atomic E-state index is -4.17. The molecule has 24 heavy (non-hydrogen) atoms. The molecule has 1 aliphatic rings. The number of likely N-dealkylation sites (tertiary alicyclic amines) is 1. The molecule has 0 radical (unpaired) electrons. The molecule has 0 aliphatic carbocycles. The third-order valence-corrected chi connectivity index (χ3v) is 4.55. The molecule has 0 N–H and O–H groups in total. The summed E-state index contributed by atoms with van der Waals surface area (Å²) in [5.74, 6) is -0.982. The van der Waals surface area contributed by atoms with Gasteiger partial charge in [0, 0.05) is 17.1 Å². The molecule has 1 aromatic carbocycles. The van der Waals surface area contributed by atoms with Gasteiger partial charge in [-0.05, 0) is 55.9 Å². The first-order valence-electron chi connectivity index (χ1n) is 7.46. The van der Waals surface area contributed by atoms with E-state index in [-0.39, 0.29) is 24.5 Å². The average Bonchev–Trinajstić information content (AvgIpc) is 2.88. The Morgan fingerprint density at radius 2 is 2.00 bits per heavy atom. The maximum Gasteiger partial charge on any atom is 0.393 e. The summed E-state index contributed by atoms with van der Waals surface area (Å²) in [5.41, 5.74) is 0.705. The summed E-state index contributed by atoms with van der Waals surface area (Å²) in [7, 11) is 0. The Kier molecular flexibility index (Phi) is 4.98. The lowest BCUT2D eigenvalue weighted by Gasteiger charge is -2.33. The van der Waals surface area contributed by atoms with Gasteiger partial charge in [0.15, 0.2) is 0 Å². The van der Waals surface area contributed by atoms with Crippen LogP contribution in [0.4, 0.5) is 13.2 Å². The molecule has 0 bridgehead atoms. The molecular weight excluding hydrogens is 363 g/mol. The van der Waals surface area contributed by atoms with Gasteiger partial charge in [0.25, 0.3) is 4.84 Å². The van der Waals surface area contributed by atoms with Crippen LogP contribution in [-0.4, -0.2) is 33.9 Å². The Hall–Kier alpha value is -1.38. The number of nitrogens with zero attached hydrogens (tertiary/aromatic N) is 3. The van der Waals surface area contributed by atoms with Crippen LogP contribution in [0.25, 0.3) is 11.5 Å². The third kappa shape index (κ3) is 3.99. The molecule has 2 heterocycles. The second-order valence-electron chi connectivity index (χ2n) is 5.78. The predicted molar refractivity (Wildman–Crippen MR) is 86.1 cm³/mol. The zero-order chi connectivity index (χ0) is 17.3. The van der Waals surface area contributed by atoms with E-state index >= 15 is 0 Å². The maximum absolute atomic E-state index is 12.9. The number of rotatable bonds is 3. The Morgan fingerprint density at radius 1 is 1.29 bits per heavy atom. The molecule has 4 nitrogen and oxygen atoms in total. The lowest BCUT2D eigenvalue weighted by Crippen LogP contribution is -2.42. The molecule has 3 rings (SSSR count). The zero-order valence-corrected chi connectivity index (χ0v) is 14.2. The normalized spacial score (nSPS) is 19.6. The van der Waals surface area contributed by atoms with Crippen molar-refractivity contribution in [1.29, 1.82) is 0 Å². The van der Waals surface area contributed by atoms with E-state index in [1.807, 2.05) is 0 Å². The van der Waals surface area contributed by atoms with Gasteiger partial charge < -0.3 is 4.42 Å². The fraction of sp³-hybridized carbons (Fsp3) is 0.467. The van der Waals surface area contributed by atoms with E-state index in [4.69, 9.17) is 28.2 Å². The topological polar surface area (TPSA) is 34.2 Å². The molecular formula is C15H15ClF3N3OS. The van der Waals surface area contributed by atoms with Gasteiger partial charge in [-0.1, -0.05) is 11.6 Å². The van der Waals surface area contributed by atoms with E-state index in [1.165, 1.54) is 4.68 Å². The number of alkyl halides is 3. The Morgan fingerprint density at radius 3 is 2.67 bits per heavy atom. The van der Waals surface area contributed by atoms with Gasteiger partial charge >= 0.3 is 6.18 Å². The Labute approximate surface area is 146 Å². The monoisotopic (exact) mass is 377 g/mol. The molecule has 0 spiro atoms. The summed E-state index contributed by atoms with van der Waals surface area (Å²) in [6.07, 6.45) is -3.50. The number of benzene rings is 1. The van der Waals surface area contributed by atoms with Crippen LogP contribution in [0, 0.1) is 10.8 Å². The molecule has 2 aromatic rings. The number of hydrogen-bond donors (Lipinski definition) is 0. The quantitative estimate of drug-likeness (QED) is 0.722. The van der Waals surface area contributed by atoms with E-state index in [0.717, 1.165) is 0 Å². The minimum absolute atomic E-state index is 0.0472. The van der Waals surface area contributed by atoms with Gasteiger partial charge in [0.2, 0.25) is 5.89 Å². The molecule has 1 saturated heterocycles. The van der Waals surface area contributed by atoms with Crippen molar-refractivity contribution in [1.82, 2.24) is 14.7 Å². The lowest BCUT2D eigenvalue weighted by atomic mass is 9.98. The van der Waals surface area contributed by atoms with Gasteiger partial charge in [-0.3, -0.25) is 4.90 Å². The summed E-state index contributed by atoms with van der Waals surface area (Å²) in [4.78, 5) is 1.83. The Bertz CT molecular complexity index is 757. The van der Waals surface area contributed by atoms with Crippen molar-refractivity contribution >= 4 is 23.8 Å². The highest BCUT2D eigenvalue weighted by atomic mass is 35.5. The molecule has 130 valence electrons. The predicted octanol–water partition coefficient (Wildman–Crippen LogP) is 4.76. The standard InChI is InChI=1S/C15H15ClF3N3OS/c16-12-5-3-10(4-6-12)13-20-22(14(24)23-13)9-21-7-1-2-11(8-21)15(17,18)19/h3-6,11H,1-2,7-9H2. The zero-order valence-electron chi connectivity index (χ0n) is 12.6. The molecule has 1 atom stereocenters. The van der Waals surface area contributed by atoms with E-state index in [1.54, 1.807) is 29.2 Å². The van der Waals surface area contributed by atoms with Crippen molar-refractivity contribution in [2.75, 3.05) is 13.1 Å². The fourth-order valence-corrected chi connectivity index (χ4v) is 3.05. The number of hydrogen-bond acceptors (Lipinski definition) is 4. The first-order valence-corrected chi connectivity index (χ1v) is 8.24. The molecule has 1 fully saturated rings. The van der Waals surface area contributed by atoms with E-state index in [9.17, 15) is 13.2 Å². The molecule has 0 saturated carbocycles. The van der Waals surface area contributed by atoms with Crippen LogP contribution in [0.3, 0.4) is 0 Å². The van der Waals surface area contributed by atoms with Gasteiger partial charge in [-0.15, -0.1) is 5.10 Å². The van der Waals surface area contributed by atoms with Crippen molar-refractivity contribution in [3.8, 4) is 11.5 Å². The van der Waals surface area contributed by atoms with Crippen LogP contribution in [0.1, 0.15) is 12.8 Å². The first-order chi connectivity index (χ1) is 11.3. The van der Waals surface area contributed by atoms with Crippen molar-refractivity contribution in [3.63, 3.8) is 0 Å². The largest absolute Gasteiger partial charge is 0.409 e. The van der Waals surface area contributed by atoms with Crippen LogP contribution in [-0.2, 0) is 6.67 Å². The summed E-state index contributed by atoms with van der Waals surface area (Å²) in [5, 5.41) is 4.86. The molecule has 1 unspecified atom stereocenters. The van der Waals surface area contributed by atoms with Crippen LogP contribution in [0.5, 0.6) is 0 Å². The Balaban J connectivity index is 1.74. The van der Waals surface area contributed by atoms with Gasteiger partial charge in [0.1, 0.15) is 0 Å². The van der Waals surface area contributed by atoms with Crippen molar-refractivity contribution in [2.45, 2.75) is 25.7 Å². The molecule has 9 heteroatoms. The van der Waals surface area contributed by atoms with Crippen molar-refractivity contribution in [2.24, 2.45) is 5.92 Å². The SMILES string of the molecule is FC(F)(F)C1CCCN(Cn2nc(-c3ccc(Cl)cc3)oc2=S)C1. The van der Waals surface area contributed by atoms with E-state index in [2.05, 4.69) is 5.10 Å². The van der Waals surface area contributed by atoms with Gasteiger partial charge in [0.05, 0.1) is 12.6 Å². The second kappa shape index (κ2) is 6.85. The third-order valence-electron chi connectivity index (χ3n) is 4.00. The van der Waals surface area contributed by atoms with E-state index < -0.39 is 12.1 Å².